The molecule has 0 radical (unpaired) electrons. The third-order valence-corrected chi connectivity index (χ3v) is 4.09. The molecule has 98 valence electrons. The molecule has 0 aromatic carbocycles. The summed E-state index contributed by atoms with van der Waals surface area (Å²) in [4.78, 5) is 0. The lowest BCUT2D eigenvalue weighted by atomic mass is 9.90. The second-order valence-corrected chi connectivity index (χ2v) is 6.53. The Morgan fingerprint density at radius 3 is 2.65 bits per heavy atom. The van der Waals surface area contributed by atoms with Gasteiger partial charge in [-0.1, -0.05) is 13.8 Å². The first-order valence-electron chi connectivity index (χ1n) is 5.46. The van der Waals surface area contributed by atoms with Gasteiger partial charge in [0.25, 0.3) is 10.0 Å². The summed E-state index contributed by atoms with van der Waals surface area (Å²) in [6.45, 7) is 4.86. The van der Waals surface area contributed by atoms with Crippen LogP contribution in [0.4, 0.5) is 0 Å². The van der Waals surface area contributed by atoms with Gasteiger partial charge in [0.15, 0.2) is 5.03 Å². The van der Waals surface area contributed by atoms with Crippen LogP contribution < -0.4 is 10.5 Å². The molecular weight excluding hydrogens is 240 g/mol. The lowest BCUT2D eigenvalue weighted by Gasteiger charge is -2.23. The van der Waals surface area contributed by atoms with Crippen LogP contribution >= 0.6 is 0 Å². The summed E-state index contributed by atoms with van der Waals surface area (Å²) in [5.41, 5.74) is 5.33. The van der Waals surface area contributed by atoms with Crippen LogP contribution in [0.1, 0.15) is 20.3 Å². The van der Waals surface area contributed by atoms with Crippen molar-refractivity contribution in [3.8, 4) is 0 Å². The molecule has 0 saturated heterocycles. The summed E-state index contributed by atoms with van der Waals surface area (Å²) in [6, 6.07) is 1.47. The van der Waals surface area contributed by atoms with Crippen LogP contribution in [0.2, 0.25) is 0 Å². The Morgan fingerprint density at radius 2 is 2.18 bits per heavy atom. The maximum atomic E-state index is 12.0. The first-order chi connectivity index (χ1) is 7.78. The molecule has 0 saturated carbocycles. The Bertz CT molecular complexity index is 464. The van der Waals surface area contributed by atoms with E-state index in [1.54, 1.807) is 7.05 Å². The zero-order valence-electron chi connectivity index (χ0n) is 10.5. The molecule has 1 aromatic rings. The molecule has 0 aliphatic rings. The fraction of sp³-hybridized carbons (Fsp3) is 0.700. The summed E-state index contributed by atoms with van der Waals surface area (Å²) in [5.74, 6) is 0. The minimum atomic E-state index is -3.49. The number of nitrogens with zero attached hydrogens (tertiary/aromatic N) is 2. The molecule has 6 nitrogen and oxygen atoms in total. The smallest absolute Gasteiger partial charge is 0.257 e. The highest BCUT2D eigenvalue weighted by molar-refractivity contribution is 7.89. The SMILES string of the molecule is Cn1nccc1S(=O)(=O)NCC(C)(C)CCN. The van der Waals surface area contributed by atoms with Crippen molar-refractivity contribution < 1.29 is 8.42 Å². The molecule has 0 bridgehead atoms. The molecule has 7 heteroatoms. The quantitative estimate of drug-likeness (QED) is 0.757. The number of rotatable bonds is 6. The van der Waals surface area contributed by atoms with Gasteiger partial charge < -0.3 is 5.73 Å². The van der Waals surface area contributed by atoms with Gasteiger partial charge >= 0.3 is 0 Å². The fourth-order valence-electron chi connectivity index (χ4n) is 1.47. The molecule has 1 rings (SSSR count). The number of hydrogen-bond acceptors (Lipinski definition) is 4. The third-order valence-electron chi connectivity index (χ3n) is 2.61. The number of sulfonamides is 1. The summed E-state index contributed by atoms with van der Waals surface area (Å²) in [5, 5.41) is 4.01. The average molecular weight is 260 g/mol. The van der Waals surface area contributed by atoms with Crippen LogP contribution in [-0.2, 0) is 17.1 Å². The van der Waals surface area contributed by atoms with Crippen molar-refractivity contribution in [3.63, 3.8) is 0 Å². The highest BCUT2D eigenvalue weighted by Gasteiger charge is 2.23. The van der Waals surface area contributed by atoms with E-state index >= 15 is 0 Å². The maximum Gasteiger partial charge on any atom is 0.257 e. The predicted octanol–water partition coefficient (Wildman–Crippen LogP) is 0.0734. The van der Waals surface area contributed by atoms with E-state index in [4.69, 9.17) is 5.73 Å². The molecule has 0 spiro atoms. The molecule has 0 atom stereocenters. The third kappa shape index (κ3) is 3.79. The van der Waals surface area contributed by atoms with Gasteiger partial charge in [0.1, 0.15) is 0 Å². The summed E-state index contributed by atoms with van der Waals surface area (Å²) >= 11 is 0. The lowest BCUT2D eigenvalue weighted by molar-refractivity contribution is 0.339. The number of aromatic nitrogens is 2. The van der Waals surface area contributed by atoms with Crippen molar-refractivity contribution in [1.29, 1.82) is 0 Å². The lowest BCUT2D eigenvalue weighted by Crippen LogP contribution is -2.36. The maximum absolute atomic E-state index is 12.0. The summed E-state index contributed by atoms with van der Waals surface area (Å²) in [7, 11) is -1.89. The van der Waals surface area contributed by atoms with Crippen molar-refractivity contribution in [3.05, 3.63) is 12.3 Å². The Morgan fingerprint density at radius 1 is 1.53 bits per heavy atom. The molecule has 3 N–H and O–H groups in total. The number of nitrogens with one attached hydrogen (secondary N) is 1. The van der Waals surface area contributed by atoms with Crippen LogP contribution in [0.5, 0.6) is 0 Å². The summed E-state index contributed by atoms with van der Waals surface area (Å²) < 4.78 is 27.8. The van der Waals surface area contributed by atoms with E-state index in [0.29, 0.717) is 13.1 Å². The number of hydrogen-bond donors (Lipinski definition) is 2. The van der Waals surface area contributed by atoms with Crippen molar-refractivity contribution >= 4 is 10.0 Å². The standard InChI is InChI=1S/C10H20N4O2S/c1-10(2,5-6-11)8-13-17(15,16)9-4-7-12-14(9)3/h4,7,13H,5-6,8,11H2,1-3H3. The van der Waals surface area contributed by atoms with Crippen LogP contribution in [0.3, 0.4) is 0 Å². The van der Waals surface area contributed by atoms with Crippen LogP contribution in [0.25, 0.3) is 0 Å². The predicted molar refractivity (Wildman–Crippen MR) is 65.8 cm³/mol. The van der Waals surface area contributed by atoms with Gasteiger partial charge in [0, 0.05) is 13.6 Å². The minimum Gasteiger partial charge on any atom is -0.330 e. The van der Waals surface area contributed by atoms with Gasteiger partial charge in [-0.15, -0.1) is 0 Å². The fourth-order valence-corrected chi connectivity index (χ4v) is 2.83. The molecule has 0 aliphatic carbocycles. The van der Waals surface area contributed by atoms with E-state index in [1.165, 1.54) is 16.9 Å². The monoisotopic (exact) mass is 260 g/mol. The zero-order valence-corrected chi connectivity index (χ0v) is 11.3. The first kappa shape index (κ1) is 14.1. The van der Waals surface area contributed by atoms with Crippen molar-refractivity contribution in [1.82, 2.24) is 14.5 Å². The van der Waals surface area contributed by atoms with E-state index < -0.39 is 10.0 Å². The van der Waals surface area contributed by atoms with E-state index in [-0.39, 0.29) is 10.4 Å². The van der Waals surface area contributed by atoms with Crippen molar-refractivity contribution in [2.24, 2.45) is 18.2 Å². The second kappa shape index (κ2) is 5.16. The zero-order chi connectivity index (χ0) is 13.1. The molecule has 17 heavy (non-hydrogen) atoms. The summed E-state index contributed by atoms with van der Waals surface area (Å²) in [6.07, 6.45) is 2.22. The van der Waals surface area contributed by atoms with Crippen molar-refractivity contribution in [2.75, 3.05) is 13.1 Å². The Hall–Kier alpha value is -0.920. The molecule has 0 amide bonds. The average Bonchev–Trinajstić information content (AvgIpc) is 2.63. The van der Waals surface area contributed by atoms with Gasteiger partial charge in [-0.3, -0.25) is 4.68 Å². The topological polar surface area (TPSA) is 90.0 Å². The highest BCUT2D eigenvalue weighted by atomic mass is 32.2. The van der Waals surface area contributed by atoms with Crippen molar-refractivity contribution in [2.45, 2.75) is 25.3 Å². The number of nitrogens with two attached hydrogens (primary N) is 1. The van der Waals surface area contributed by atoms with Gasteiger partial charge in [-0.2, -0.15) is 5.10 Å². The van der Waals surface area contributed by atoms with Crippen LogP contribution in [-0.4, -0.2) is 31.3 Å². The molecule has 1 aromatic heterocycles. The molecule has 1 heterocycles. The minimum absolute atomic E-state index is 0.152. The number of aryl methyl sites for hydroxylation is 1. The van der Waals surface area contributed by atoms with Gasteiger partial charge in [0.2, 0.25) is 0 Å². The molecule has 0 unspecified atom stereocenters. The second-order valence-electron chi connectivity index (χ2n) is 4.82. The van der Waals surface area contributed by atoms with E-state index in [1.807, 2.05) is 13.8 Å². The Labute approximate surface area is 102 Å². The Balaban J connectivity index is 2.73. The molecular formula is C10H20N4O2S. The first-order valence-corrected chi connectivity index (χ1v) is 6.94. The Kier molecular flexibility index (Phi) is 4.29. The van der Waals surface area contributed by atoms with Crippen LogP contribution in [0, 0.1) is 5.41 Å². The van der Waals surface area contributed by atoms with E-state index in [2.05, 4.69) is 9.82 Å². The van der Waals surface area contributed by atoms with E-state index in [0.717, 1.165) is 6.42 Å². The highest BCUT2D eigenvalue weighted by Crippen LogP contribution is 2.19. The van der Waals surface area contributed by atoms with E-state index in [9.17, 15) is 8.42 Å². The largest absolute Gasteiger partial charge is 0.330 e. The van der Waals surface area contributed by atoms with Gasteiger partial charge in [-0.05, 0) is 24.4 Å². The molecule has 0 aliphatic heterocycles. The molecule has 0 fully saturated rings. The van der Waals surface area contributed by atoms with Gasteiger partial charge in [-0.25, -0.2) is 13.1 Å². The van der Waals surface area contributed by atoms with Crippen LogP contribution in [0.15, 0.2) is 17.3 Å². The van der Waals surface area contributed by atoms with Gasteiger partial charge in [0.05, 0.1) is 6.20 Å². The normalized spacial score (nSPS) is 12.9.